The molecule has 2 N–H and O–H groups in total. The quantitative estimate of drug-likeness (QED) is 0.419. The van der Waals surface area contributed by atoms with Crippen molar-refractivity contribution in [2.45, 2.75) is 0 Å². The number of pyridine rings is 1. The Balaban J connectivity index is 0.000000810. The first-order chi connectivity index (χ1) is 4.20. The maximum Gasteiger partial charge on any atom is 0.272 e. The number of nitrogens with two attached hydrogens (primary N) is 1. The molecule has 1 aromatic heterocycles. The van der Waals surface area contributed by atoms with Crippen molar-refractivity contribution < 1.29 is 28.5 Å². The van der Waals surface area contributed by atoms with E-state index in [0.29, 0.717) is 10.8 Å². The summed E-state index contributed by atoms with van der Waals surface area (Å²) in [6.07, 6.45) is 1.76. The SMILES string of the molecule is C[n+]1cc(Cl)ccc1N.[I-]. The summed E-state index contributed by atoms with van der Waals surface area (Å²) in [7, 11) is 1.85. The van der Waals surface area contributed by atoms with Crippen LogP contribution in [0.15, 0.2) is 18.3 Å². The lowest BCUT2D eigenvalue weighted by Crippen LogP contribution is -3.00. The van der Waals surface area contributed by atoms with E-state index in [1.54, 1.807) is 22.9 Å². The zero-order valence-corrected chi connectivity index (χ0v) is 8.43. The van der Waals surface area contributed by atoms with E-state index in [0.717, 1.165) is 0 Å². The van der Waals surface area contributed by atoms with Gasteiger partial charge in [0, 0.05) is 6.07 Å². The minimum Gasteiger partial charge on any atom is -1.00 e. The van der Waals surface area contributed by atoms with E-state index in [1.165, 1.54) is 0 Å². The molecular formula is C6H8ClIN2. The molecule has 1 rings (SSSR count). The van der Waals surface area contributed by atoms with Gasteiger partial charge in [0.25, 0.3) is 5.82 Å². The number of halogens is 2. The largest absolute Gasteiger partial charge is 1.00 e. The van der Waals surface area contributed by atoms with Crippen LogP contribution in [0.3, 0.4) is 0 Å². The Morgan fingerprint density at radius 1 is 1.50 bits per heavy atom. The standard InChI is InChI=1S/C6H7ClN2.HI/c1-9-4-5(7)2-3-6(9)8;/h2-4,8H,1H3;1H. The highest BCUT2D eigenvalue weighted by Gasteiger charge is 1.96. The maximum absolute atomic E-state index is 5.64. The van der Waals surface area contributed by atoms with Gasteiger partial charge in [0.2, 0.25) is 0 Å². The van der Waals surface area contributed by atoms with Crippen molar-refractivity contribution in [1.82, 2.24) is 0 Å². The topological polar surface area (TPSA) is 29.9 Å². The molecule has 2 nitrogen and oxygen atoms in total. The van der Waals surface area contributed by atoms with Gasteiger partial charge in [-0.05, 0) is 6.07 Å². The summed E-state index contributed by atoms with van der Waals surface area (Å²) < 4.78 is 1.77. The normalized spacial score (nSPS) is 8.60. The summed E-state index contributed by atoms with van der Waals surface area (Å²) in [4.78, 5) is 0. The van der Waals surface area contributed by atoms with Crippen LogP contribution in [-0.4, -0.2) is 0 Å². The lowest BCUT2D eigenvalue weighted by atomic mass is 10.4. The minimum atomic E-state index is 0. The third-order valence-electron chi connectivity index (χ3n) is 1.14. The molecule has 0 unspecified atom stereocenters. The van der Waals surface area contributed by atoms with Crippen molar-refractivity contribution in [1.29, 1.82) is 0 Å². The predicted octanol–water partition coefficient (Wildman–Crippen LogP) is -2.25. The Morgan fingerprint density at radius 3 is 2.50 bits per heavy atom. The van der Waals surface area contributed by atoms with Gasteiger partial charge in [0.15, 0.2) is 0 Å². The van der Waals surface area contributed by atoms with Crippen LogP contribution < -0.4 is 34.3 Å². The average molecular weight is 271 g/mol. The number of nitrogen functional groups attached to an aromatic ring is 1. The smallest absolute Gasteiger partial charge is 0.272 e. The molecule has 1 heterocycles. The van der Waals surface area contributed by atoms with Gasteiger partial charge < -0.3 is 24.0 Å². The maximum atomic E-state index is 5.64. The van der Waals surface area contributed by atoms with Gasteiger partial charge in [0.1, 0.15) is 6.20 Å². The van der Waals surface area contributed by atoms with Crippen LogP contribution in [-0.2, 0) is 7.05 Å². The van der Waals surface area contributed by atoms with Crippen molar-refractivity contribution in [3.8, 4) is 0 Å². The highest BCUT2D eigenvalue weighted by molar-refractivity contribution is 6.30. The van der Waals surface area contributed by atoms with Crippen LogP contribution in [0, 0.1) is 0 Å². The Hall–Kier alpha value is -0.0300. The summed E-state index contributed by atoms with van der Waals surface area (Å²) in [6.45, 7) is 0. The Kier molecular flexibility index (Phi) is 3.96. The van der Waals surface area contributed by atoms with Gasteiger partial charge in [0.05, 0.1) is 12.1 Å². The fourth-order valence-electron chi connectivity index (χ4n) is 0.585. The second-order valence-electron chi connectivity index (χ2n) is 1.88. The van der Waals surface area contributed by atoms with E-state index in [2.05, 4.69) is 0 Å². The molecule has 56 valence electrons. The van der Waals surface area contributed by atoms with E-state index in [9.17, 15) is 0 Å². The molecule has 0 radical (unpaired) electrons. The number of hydrogen-bond acceptors (Lipinski definition) is 1. The molecule has 0 aliphatic heterocycles. The summed E-state index contributed by atoms with van der Waals surface area (Å²) in [5.74, 6) is 0.708. The van der Waals surface area contributed by atoms with E-state index >= 15 is 0 Å². The second-order valence-corrected chi connectivity index (χ2v) is 2.32. The van der Waals surface area contributed by atoms with Crippen LogP contribution >= 0.6 is 11.6 Å². The summed E-state index contributed by atoms with van der Waals surface area (Å²) >= 11 is 5.64. The first-order valence-electron chi connectivity index (χ1n) is 2.61. The predicted molar refractivity (Wildman–Crippen MR) is 37.0 cm³/mol. The Morgan fingerprint density at radius 2 is 2.10 bits per heavy atom. The highest BCUT2D eigenvalue weighted by Crippen LogP contribution is 2.04. The highest BCUT2D eigenvalue weighted by atomic mass is 127. The zero-order chi connectivity index (χ0) is 6.85. The van der Waals surface area contributed by atoms with Gasteiger partial charge in [-0.2, -0.15) is 0 Å². The Labute approximate surface area is 82.0 Å². The van der Waals surface area contributed by atoms with E-state index < -0.39 is 0 Å². The van der Waals surface area contributed by atoms with Gasteiger partial charge in [-0.15, -0.1) is 0 Å². The van der Waals surface area contributed by atoms with Crippen molar-refractivity contribution in [2.75, 3.05) is 5.73 Å². The molecule has 1 aromatic rings. The van der Waals surface area contributed by atoms with Crippen molar-refractivity contribution in [3.05, 3.63) is 23.4 Å². The van der Waals surface area contributed by atoms with Crippen LogP contribution in [0.1, 0.15) is 0 Å². The number of nitrogens with zero attached hydrogens (tertiary/aromatic N) is 1. The van der Waals surface area contributed by atoms with Gasteiger partial charge in [-0.3, -0.25) is 5.73 Å². The summed E-state index contributed by atoms with van der Waals surface area (Å²) in [6, 6.07) is 3.53. The number of hydrogen-bond donors (Lipinski definition) is 1. The molecule has 10 heavy (non-hydrogen) atoms. The first kappa shape index (κ1) is 9.97. The van der Waals surface area contributed by atoms with Crippen molar-refractivity contribution in [3.63, 3.8) is 0 Å². The summed E-state index contributed by atoms with van der Waals surface area (Å²) in [5.41, 5.74) is 5.49. The monoisotopic (exact) mass is 270 g/mol. The van der Waals surface area contributed by atoms with E-state index in [1.807, 2.05) is 7.05 Å². The summed E-state index contributed by atoms with van der Waals surface area (Å²) in [5, 5.41) is 0.701. The minimum absolute atomic E-state index is 0. The molecule has 0 aromatic carbocycles. The third-order valence-corrected chi connectivity index (χ3v) is 1.36. The Bertz CT molecular complexity index is 227. The fourth-order valence-corrected chi connectivity index (χ4v) is 0.795. The first-order valence-corrected chi connectivity index (χ1v) is 2.98. The number of anilines is 1. The lowest BCUT2D eigenvalue weighted by Gasteiger charge is -1.93. The zero-order valence-electron chi connectivity index (χ0n) is 5.51. The van der Waals surface area contributed by atoms with Crippen LogP contribution in [0.2, 0.25) is 5.02 Å². The average Bonchev–Trinajstić information content (AvgIpc) is 1.80. The molecule has 0 saturated carbocycles. The number of aromatic nitrogens is 1. The molecule has 0 saturated heterocycles. The lowest BCUT2D eigenvalue weighted by molar-refractivity contribution is -0.656. The molecule has 0 bridgehead atoms. The molecule has 4 heteroatoms. The van der Waals surface area contributed by atoms with E-state index in [-0.39, 0.29) is 24.0 Å². The molecule has 0 spiro atoms. The van der Waals surface area contributed by atoms with Crippen LogP contribution in [0.4, 0.5) is 5.82 Å². The third kappa shape index (κ3) is 2.30. The van der Waals surface area contributed by atoms with Crippen molar-refractivity contribution >= 4 is 17.4 Å². The van der Waals surface area contributed by atoms with Crippen molar-refractivity contribution in [2.24, 2.45) is 7.05 Å². The van der Waals surface area contributed by atoms with Gasteiger partial charge >= 0.3 is 0 Å². The molecule has 0 aliphatic carbocycles. The molecule has 0 amide bonds. The molecule has 0 aliphatic rings. The van der Waals surface area contributed by atoms with Gasteiger partial charge in [-0.25, -0.2) is 4.57 Å². The van der Waals surface area contributed by atoms with E-state index in [4.69, 9.17) is 17.3 Å². The molecule has 0 fully saturated rings. The molecular weight excluding hydrogens is 262 g/mol. The molecule has 0 atom stereocenters. The van der Waals surface area contributed by atoms with Crippen LogP contribution in [0.25, 0.3) is 0 Å². The fraction of sp³-hybridized carbons (Fsp3) is 0.167. The van der Waals surface area contributed by atoms with Gasteiger partial charge in [-0.1, -0.05) is 11.6 Å². The number of aryl methyl sites for hydroxylation is 1. The number of rotatable bonds is 0. The van der Waals surface area contributed by atoms with Crippen LogP contribution in [0.5, 0.6) is 0 Å². The second kappa shape index (κ2) is 3.98.